The van der Waals surface area contributed by atoms with Crippen molar-refractivity contribution in [1.82, 2.24) is 0 Å². The SMILES string of the molecule is NCC1(COc2cccc(C(F)(F)F)c2)CCCCC1. The molecule has 1 aliphatic rings. The first-order chi connectivity index (χ1) is 9.45. The van der Waals surface area contributed by atoms with E-state index in [-0.39, 0.29) is 11.2 Å². The second-order valence-electron chi connectivity index (χ2n) is 5.58. The van der Waals surface area contributed by atoms with Gasteiger partial charge in [0.25, 0.3) is 0 Å². The number of alkyl halides is 3. The summed E-state index contributed by atoms with van der Waals surface area (Å²) in [5, 5.41) is 0. The van der Waals surface area contributed by atoms with Crippen molar-refractivity contribution < 1.29 is 17.9 Å². The van der Waals surface area contributed by atoms with E-state index in [0.717, 1.165) is 37.8 Å². The van der Waals surface area contributed by atoms with Crippen molar-refractivity contribution in [2.45, 2.75) is 38.3 Å². The summed E-state index contributed by atoms with van der Waals surface area (Å²) < 4.78 is 43.5. The lowest BCUT2D eigenvalue weighted by Crippen LogP contribution is -2.38. The van der Waals surface area contributed by atoms with E-state index < -0.39 is 11.7 Å². The molecule has 1 fully saturated rings. The highest BCUT2D eigenvalue weighted by molar-refractivity contribution is 5.30. The Bertz CT molecular complexity index is 439. The molecule has 5 heteroatoms. The lowest BCUT2D eigenvalue weighted by atomic mass is 9.75. The number of halogens is 3. The van der Waals surface area contributed by atoms with Crippen LogP contribution in [0.25, 0.3) is 0 Å². The molecule has 0 bridgehead atoms. The third-order valence-corrected chi connectivity index (χ3v) is 4.05. The molecule has 2 N–H and O–H groups in total. The Kier molecular flexibility index (Phi) is 4.58. The average molecular weight is 287 g/mol. The Balaban J connectivity index is 2.03. The molecule has 112 valence electrons. The van der Waals surface area contributed by atoms with Gasteiger partial charge in [-0.25, -0.2) is 0 Å². The molecule has 0 radical (unpaired) electrons. The number of hydrogen-bond acceptors (Lipinski definition) is 2. The summed E-state index contributed by atoms with van der Waals surface area (Å²) >= 11 is 0. The van der Waals surface area contributed by atoms with Gasteiger partial charge in [0.15, 0.2) is 0 Å². The summed E-state index contributed by atoms with van der Waals surface area (Å²) in [7, 11) is 0. The summed E-state index contributed by atoms with van der Waals surface area (Å²) in [6.45, 7) is 0.913. The summed E-state index contributed by atoms with van der Waals surface area (Å²) in [6.07, 6.45) is 1.07. The van der Waals surface area contributed by atoms with Crippen molar-refractivity contribution in [3.63, 3.8) is 0 Å². The van der Waals surface area contributed by atoms with Gasteiger partial charge in [0.2, 0.25) is 0 Å². The normalized spacial score (nSPS) is 18.8. The minimum atomic E-state index is -4.34. The average Bonchev–Trinajstić information content (AvgIpc) is 2.46. The smallest absolute Gasteiger partial charge is 0.416 e. The Labute approximate surface area is 117 Å². The monoisotopic (exact) mass is 287 g/mol. The summed E-state index contributed by atoms with van der Waals surface area (Å²) in [4.78, 5) is 0. The van der Waals surface area contributed by atoms with Crippen LogP contribution in [0, 0.1) is 5.41 Å². The Hall–Kier alpha value is -1.23. The molecular formula is C15H20F3NO. The second-order valence-corrected chi connectivity index (χ2v) is 5.58. The van der Waals surface area contributed by atoms with Gasteiger partial charge in [0.1, 0.15) is 5.75 Å². The summed E-state index contributed by atoms with van der Waals surface area (Å²) in [5.41, 5.74) is 5.08. The Morgan fingerprint density at radius 1 is 1.15 bits per heavy atom. The number of benzene rings is 1. The van der Waals surface area contributed by atoms with Crippen molar-refractivity contribution >= 4 is 0 Å². The van der Waals surface area contributed by atoms with Crippen LogP contribution in [0.3, 0.4) is 0 Å². The van der Waals surface area contributed by atoms with Crippen LogP contribution < -0.4 is 10.5 Å². The Morgan fingerprint density at radius 2 is 1.85 bits per heavy atom. The van der Waals surface area contributed by atoms with Gasteiger partial charge >= 0.3 is 6.18 Å². The second kappa shape index (κ2) is 6.04. The van der Waals surface area contributed by atoms with Crippen LogP contribution >= 0.6 is 0 Å². The molecule has 0 amide bonds. The van der Waals surface area contributed by atoms with Crippen LogP contribution in [0.2, 0.25) is 0 Å². The first-order valence-corrected chi connectivity index (χ1v) is 6.95. The zero-order valence-electron chi connectivity index (χ0n) is 11.4. The van der Waals surface area contributed by atoms with Crippen LogP contribution in [0.5, 0.6) is 5.75 Å². The van der Waals surface area contributed by atoms with Crippen LogP contribution in [0.1, 0.15) is 37.7 Å². The molecule has 0 unspecified atom stereocenters. The van der Waals surface area contributed by atoms with Crippen molar-refractivity contribution in [1.29, 1.82) is 0 Å². The van der Waals surface area contributed by atoms with E-state index in [1.807, 2.05) is 0 Å². The molecule has 1 aromatic rings. The molecule has 2 rings (SSSR count). The van der Waals surface area contributed by atoms with E-state index in [0.29, 0.717) is 13.2 Å². The fourth-order valence-electron chi connectivity index (χ4n) is 2.71. The fourth-order valence-corrected chi connectivity index (χ4v) is 2.71. The molecule has 0 aliphatic heterocycles. The molecule has 0 saturated heterocycles. The van der Waals surface area contributed by atoms with Crippen molar-refractivity contribution in [3.8, 4) is 5.75 Å². The number of nitrogens with two attached hydrogens (primary N) is 1. The number of hydrogen-bond donors (Lipinski definition) is 1. The maximum atomic E-state index is 12.6. The molecule has 0 spiro atoms. The van der Waals surface area contributed by atoms with Crippen molar-refractivity contribution in [2.24, 2.45) is 11.1 Å². The van der Waals surface area contributed by atoms with Gasteiger partial charge in [-0.05, 0) is 31.0 Å². The highest BCUT2D eigenvalue weighted by Crippen LogP contribution is 2.36. The molecular weight excluding hydrogens is 267 g/mol. The maximum Gasteiger partial charge on any atom is 0.416 e. The van der Waals surface area contributed by atoms with Gasteiger partial charge in [-0.2, -0.15) is 13.2 Å². The number of rotatable bonds is 4. The van der Waals surface area contributed by atoms with E-state index in [4.69, 9.17) is 10.5 Å². The van der Waals surface area contributed by atoms with Crippen molar-refractivity contribution in [2.75, 3.05) is 13.2 Å². The zero-order chi connectivity index (χ0) is 14.6. The molecule has 1 aromatic carbocycles. The standard InChI is InChI=1S/C15H20F3NO/c16-15(17,18)12-5-4-6-13(9-12)20-11-14(10-19)7-2-1-3-8-14/h4-6,9H,1-3,7-8,10-11,19H2. The lowest BCUT2D eigenvalue weighted by Gasteiger charge is -2.35. The molecule has 0 aromatic heterocycles. The predicted octanol–water partition coefficient (Wildman–Crippen LogP) is 3.99. The van der Waals surface area contributed by atoms with Gasteiger partial charge in [-0.1, -0.05) is 25.3 Å². The van der Waals surface area contributed by atoms with E-state index in [9.17, 15) is 13.2 Å². The fraction of sp³-hybridized carbons (Fsp3) is 0.600. The largest absolute Gasteiger partial charge is 0.493 e. The van der Waals surface area contributed by atoms with E-state index in [2.05, 4.69) is 0 Å². The van der Waals surface area contributed by atoms with Crippen LogP contribution in [-0.2, 0) is 6.18 Å². The third kappa shape index (κ3) is 3.66. The van der Waals surface area contributed by atoms with Gasteiger partial charge in [-0.15, -0.1) is 0 Å². The van der Waals surface area contributed by atoms with Crippen LogP contribution in [0.4, 0.5) is 13.2 Å². The highest BCUT2D eigenvalue weighted by Gasteiger charge is 2.33. The van der Waals surface area contributed by atoms with Crippen LogP contribution in [-0.4, -0.2) is 13.2 Å². The minimum Gasteiger partial charge on any atom is -0.493 e. The third-order valence-electron chi connectivity index (χ3n) is 4.05. The van der Waals surface area contributed by atoms with E-state index in [1.54, 1.807) is 6.07 Å². The molecule has 0 atom stereocenters. The van der Waals surface area contributed by atoms with Gasteiger partial charge in [0.05, 0.1) is 12.2 Å². The topological polar surface area (TPSA) is 35.2 Å². The minimum absolute atomic E-state index is 0.0769. The van der Waals surface area contributed by atoms with Gasteiger partial charge in [-0.3, -0.25) is 0 Å². The first-order valence-electron chi connectivity index (χ1n) is 6.95. The predicted molar refractivity (Wildman–Crippen MR) is 71.5 cm³/mol. The first kappa shape index (κ1) is 15.2. The highest BCUT2D eigenvalue weighted by atomic mass is 19.4. The van der Waals surface area contributed by atoms with Gasteiger partial charge < -0.3 is 10.5 Å². The maximum absolute atomic E-state index is 12.6. The summed E-state index contributed by atoms with van der Waals surface area (Å²) in [5.74, 6) is 0.262. The zero-order valence-corrected chi connectivity index (χ0v) is 11.4. The summed E-state index contributed by atoms with van der Waals surface area (Å²) in [6, 6.07) is 5.02. The molecule has 1 saturated carbocycles. The quantitative estimate of drug-likeness (QED) is 0.908. The lowest BCUT2D eigenvalue weighted by molar-refractivity contribution is -0.137. The molecule has 20 heavy (non-hydrogen) atoms. The van der Waals surface area contributed by atoms with Gasteiger partial charge in [0, 0.05) is 12.0 Å². The van der Waals surface area contributed by atoms with E-state index >= 15 is 0 Å². The molecule has 0 heterocycles. The molecule has 1 aliphatic carbocycles. The van der Waals surface area contributed by atoms with Crippen LogP contribution in [0.15, 0.2) is 24.3 Å². The Morgan fingerprint density at radius 3 is 2.45 bits per heavy atom. The number of ether oxygens (including phenoxy) is 1. The van der Waals surface area contributed by atoms with Crippen molar-refractivity contribution in [3.05, 3.63) is 29.8 Å². The molecule has 2 nitrogen and oxygen atoms in total. The van der Waals surface area contributed by atoms with E-state index in [1.165, 1.54) is 12.5 Å².